The Morgan fingerprint density at radius 3 is 2.15 bits per heavy atom. The zero-order valence-corrected chi connectivity index (χ0v) is 11.9. The predicted octanol–water partition coefficient (Wildman–Crippen LogP) is 1.83. The van der Waals surface area contributed by atoms with Crippen molar-refractivity contribution < 1.29 is 19.8 Å². The molecule has 0 radical (unpaired) electrons. The summed E-state index contributed by atoms with van der Waals surface area (Å²) in [5, 5.41) is 18.6. The third-order valence-corrected chi connectivity index (χ3v) is 3.49. The Labute approximate surface area is 118 Å². The Morgan fingerprint density at radius 2 is 1.70 bits per heavy atom. The predicted molar refractivity (Wildman–Crippen MR) is 75.8 cm³/mol. The summed E-state index contributed by atoms with van der Waals surface area (Å²) in [6.45, 7) is 0.584. The summed E-state index contributed by atoms with van der Waals surface area (Å²) in [7, 11) is 3.74. The number of aliphatic carboxylic acids is 2. The van der Waals surface area contributed by atoms with Crippen LogP contribution in [0.25, 0.3) is 0 Å². The largest absolute Gasteiger partial charge is 0.481 e. The van der Waals surface area contributed by atoms with Gasteiger partial charge in [-0.15, -0.1) is 0 Å². The molecule has 0 fully saturated rings. The van der Waals surface area contributed by atoms with E-state index in [2.05, 4.69) is 0 Å². The summed E-state index contributed by atoms with van der Waals surface area (Å²) in [5.74, 6) is -1.94. The SMILES string of the molecule is CN(C)CCC(CCC(=O)O)(C(=O)O)c1ccccc1. The van der Waals surface area contributed by atoms with Crippen LogP contribution in [0.5, 0.6) is 0 Å². The minimum Gasteiger partial charge on any atom is -0.481 e. The summed E-state index contributed by atoms with van der Waals surface area (Å²) in [4.78, 5) is 24.6. The Hall–Kier alpha value is -1.88. The van der Waals surface area contributed by atoms with E-state index < -0.39 is 17.4 Å². The zero-order valence-electron chi connectivity index (χ0n) is 11.9. The van der Waals surface area contributed by atoms with Gasteiger partial charge in [0.1, 0.15) is 0 Å². The molecule has 5 nitrogen and oxygen atoms in total. The molecule has 0 saturated heterocycles. The lowest BCUT2D eigenvalue weighted by Gasteiger charge is -2.31. The monoisotopic (exact) mass is 279 g/mol. The fraction of sp³-hybridized carbons (Fsp3) is 0.467. The van der Waals surface area contributed by atoms with Crippen LogP contribution in [0.2, 0.25) is 0 Å². The van der Waals surface area contributed by atoms with Crippen LogP contribution in [-0.2, 0) is 15.0 Å². The number of carboxylic acids is 2. The van der Waals surface area contributed by atoms with Gasteiger partial charge in [-0.2, -0.15) is 0 Å². The third kappa shape index (κ3) is 4.06. The third-order valence-electron chi connectivity index (χ3n) is 3.49. The lowest BCUT2D eigenvalue weighted by molar-refractivity contribution is -0.145. The Balaban J connectivity index is 3.12. The molecule has 2 N–H and O–H groups in total. The average molecular weight is 279 g/mol. The maximum absolute atomic E-state index is 11.8. The second kappa shape index (κ2) is 7.05. The second-order valence-corrected chi connectivity index (χ2v) is 5.20. The number of carboxylic acid groups (broad SMARTS) is 2. The highest BCUT2D eigenvalue weighted by Gasteiger charge is 2.40. The van der Waals surface area contributed by atoms with Gasteiger partial charge in [0, 0.05) is 6.42 Å². The van der Waals surface area contributed by atoms with Crippen molar-refractivity contribution in [2.45, 2.75) is 24.7 Å². The molecule has 0 aliphatic carbocycles. The van der Waals surface area contributed by atoms with Gasteiger partial charge in [0.15, 0.2) is 0 Å². The Morgan fingerprint density at radius 1 is 1.10 bits per heavy atom. The van der Waals surface area contributed by atoms with E-state index in [0.29, 0.717) is 18.5 Å². The molecule has 0 spiro atoms. The highest BCUT2D eigenvalue weighted by Crippen LogP contribution is 2.33. The molecule has 110 valence electrons. The molecule has 0 aromatic heterocycles. The molecule has 0 aliphatic rings. The maximum Gasteiger partial charge on any atom is 0.314 e. The Bertz CT molecular complexity index is 458. The number of nitrogens with zero attached hydrogens (tertiary/aromatic N) is 1. The summed E-state index contributed by atoms with van der Waals surface area (Å²) < 4.78 is 0. The van der Waals surface area contributed by atoms with Gasteiger partial charge < -0.3 is 15.1 Å². The lowest BCUT2D eigenvalue weighted by Crippen LogP contribution is -2.39. The molecule has 1 unspecified atom stereocenters. The normalized spacial score (nSPS) is 13.9. The molecule has 1 aromatic carbocycles. The van der Waals surface area contributed by atoms with Crippen molar-refractivity contribution in [1.29, 1.82) is 0 Å². The molecule has 0 aliphatic heterocycles. The quantitative estimate of drug-likeness (QED) is 0.759. The van der Waals surface area contributed by atoms with E-state index in [4.69, 9.17) is 5.11 Å². The van der Waals surface area contributed by atoms with E-state index in [-0.39, 0.29) is 12.8 Å². The number of rotatable bonds is 8. The highest BCUT2D eigenvalue weighted by atomic mass is 16.4. The molecule has 1 rings (SSSR count). The van der Waals surface area contributed by atoms with E-state index in [1.165, 1.54) is 0 Å². The van der Waals surface area contributed by atoms with Gasteiger partial charge in [-0.25, -0.2) is 0 Å². The van der Waals surface area contributed by atoms with E-state index >= 15 is 0 Å². The molecule has 1 aromatic rings. The first kappa shape index (κ1) is 16.2. The van der Waals surface area contributed by atoms with Gasteiger partial charge in [-0.05, 0) is 39.0 Å². The zero-order chi connectivity index (χ0) is 15.2. The van der Waals surface area contributed by atoms with Crippen LogP contribution < -0.4 is 0 Å². The van der Waals surface area contributed by atoms with Crippen molar-refractivity contribution in [1.82, 2.24) is 4.90 Å². The van der Waals surface area contributed by atoms with Crippen LogP contribution in [0.1, 0.15) is 24.8 Å². The summed E-state index contributed by atoms with van der Waals surface area (Å²) in [5.41, 5.74) is -0.486. The van der Waals surface area contributed by atoms with Crippen LogP contribution in [-0.4, -0.2) is 47.7 Å². The van der Waals surface area contributed by atoms with E-state index in [1.807, 2.05) is 25.1 Å². The number of benzene rings is 1. The van der Waals surface area contributed by atoms with Crippen LogP contribution >= 0.6 is 0 Å². The standard InChI is InChI=1S/C15H21NO4/c1-16(2)11-10-15(14(19)20,9-8-13(17)18)12-6-4-3-5-7-12/h3-7H,8-11H2,1-2H3,(H,17,18)(H,19,20). The van der Waals surface area contributed by atoms with E-state index in [0.717, 1.165) is 0 Å². The van der Waals surface area contributed by atoms with Crippen LogP contribution in [0.4, 0.5) is 0 Å². The lowest BCUT2D eigenvalue weighted by atomic mass is 9.74. The highest BCUT2D eigenvalue weighted by molar-refractivity contribution is 5.82. The van der Waals surface area contributed by atoms with Crippen LogP contribution in [0, 0.1) is 0 Å². The molecule has 1 atom stereocenters. The number of hydrogen-bond donors (Lipinski definition) is 2. The number of hydrogen-bond acceptors (Lipinski definition) is 3. The summed E-state index contributed by atoms with van der Waals surface area (Å²) >= 11 is 0. The maximum atomic E-state index is 11.8. The minimum absolute atomic E-state index is 0.0928. The number of carbonyl (C=O) groups is 2. The van der Waals surface area contributed by atoms with Gasteiger partial charge in [0.2, 0.25) is 0 Å². The smallest absolute Gasteiger partial charge is 0.314 e. The van der Waals surface area contributed by atoms with Crippen molar-refractivity contribution in [2.24, 2.45) is 0 Å². The van der Waals surface area contributed by atoms with Gasteiger partial charge in [-0.1, -0.05) is 30.3 Å². The van der Waals surface area contributed by atoms with Gasteiger partial charge in [0.25, 0.3) is 0 Å². The molecular weight excluding hydrogens is 258 g/mol. The molecule has 20 heavy (non-hydrogen) atoms. The topological polar surface area (TPSA) is 77.8 Å². The first-order valence-electron chi connectivity index (χ1n) is 6.54. The Kier molecular flexibility index (Phi) is 5.70. The van der Waals surface area contributed by atoms with Crippen molar-refractivity contribution >= 4 is 11.9 Å². The molecule has 0 bridgehead atoms. The molecular formula is C15H21NO4. The average Bonchev–Trinajstić information content (AvgIpc) is 2.39. The molecule has 0 amide bonds. The van der Waals surface area contributed by atoms with Crippen LogP contribution in [0.3, 0.4) is 0 Å². The molecule has 0 saturated carbocycles. The minimum atomic E-state index is -1.15. The van der Waals surface area contributed by atoms with Gasteiger partial charge in [-0.3, -0.25) is 9.59 Å². The van der Waals surface area contributed by atoms with Crippen molar-refractivity contribution in [3.05, 3.63) is 35.9 Å². The molecule has 5 heteroatoms. The summed E-state index contributed by atoms with van der Waals surface area (Å²) in [6.07, 6.45) is 0.316. The summed E-state index contributed by atoms with van der Waals surface area (Å²) in [6, 6.07) is 8.89. The van der Waals surface area contributed by atoms with Crippen molar-refractivity contribution in [2.75, 3.05) is 20.6 Å². The second-order valence-electron chi connectivity index (χ2n) is 5.20. The van der Waals surface area contributed by atoms with Gasteiger partial charge >= 0.3 is 11.9 Å². The molecule has 0 heterocycles. The first-order chi connectivity index (χ1) is 9.38. The van der Waals surface area contributed by atoms with Gasteiger partial charge in [0.05, 0.1) is 5.41 Å². The fourth-order valence-corrected chi connectivity index (χ4v) is 2.24. The first-order valence-corrected chi connectivity index (χ1v) is 6.54. The van der Waals surface area contributed by atoms with E-state index in [1.54, 1.807) is 24.3 Å². The van der Waals surface area contributed by atoms with E-state index in [9.17, 15) is 14.7 Å². The van der Waals surface area contributed by atoms with Crippen LogP contribution in [0.15, 0.2) is 30.3 Å². The fourth-order valence-electron chi connectivity index (χ4n) is 2.24. The van der Waals surface area contributed by atoms with Crippen molar-refractivity contribution in [3.63, 3.8) is 0 Å². The van der Waals surface area contributed by atoms with Crippen molar-refractivity contribution in [3.8, 4) is 0 Å².